The van der Waals surface area contributed by atoms with E-state index >= 15 is 0 Å². The van der Waals surface area contributed by atoms with Crippen molar-refractivity contribution >= 4 is 11.3 Å². The number of hydrogen-bond donors (Lipinski definition) is 2. The summed E-state index contributed by atoms with van der Waals surface area (Å²) in [5.74, 6) is 0. The molecule has 96 valence electrons. The zero-order valence-electron chi connectivity index (χ0n) is 10.6. The highest BCUT2D eigenvalue weighted by Crippen LogP contribution is 2.23. The van der Waals surface area contributed by atoms with Crippen LogP contribution in [0, 0.1) is 0 Å². The molecule has 1 unspecified atom stereocenters. The van der Waals surface area contributed by atoms with E-state index in [1.807, 2.05) is 35.7 Å². The van der Waals surface area contributed by atoms with E-state index < -0.39 is 6.10 Å². The van der Waals surface area contributed by atoms with Crippen LogP contribution >= 0.6 is 11.3 Å². The molecule has 3 nitrogen and oxygen atoms in total. The van der Waals surface area contributed by atoms with Crippen molar-refractivity contribution in [2.24, 2.45) is 0 Å². The predicted molar refractivity (Wildman–Crippen MR) is 74.5 cm³/mol. The Bertz CT molecular complexity index is 468. The van der Waals surface area contributed by atoms with Gasteiger partial charge < -0.3 is 10.4 Å². The second-order valence-electron chi connectivity index (χ2n) is 4.77. The summed E-state index contributed by atoms with van der Waals surface area (Å²) < 4.78 is 0. The second kappa shape index (κ2) is 5.61. The average molecular weight is 262 g/mol. The van der Waals surface area contributed by atoms with Crippen molar-refractivity contribution in [3.8, 4) is 0 Å². The summed E-state index contributed by atoms with van der Waals surface area (Å²) in [4.78, 5) is 4.31. The molecule has 2 aromatic rings. The van der Waals surface area contributed by atoms with E-state index in [1.165, 1.54) is 0 Å². The van der Waals surface area contributed by atoms with Crippen LogP contribution in [0.25, 0.3) is 0 Å². The van der Waals surface area contributed by atoms with Gasteiger partial charge in [-0.1, -0.05) is 30.3 Å². The third-order valence-corrected chi connectivity index (χ3v) is 3.99. The summed E-state index contributed by atoms with van der Waals surface area (Å²) in [5.41, 5.74) is 0.712. The Balaban J connectivity index is 1.96. The van der Waals surface area contributed by atoms with Crippen LogP contribution in [0.5, 0.6) is 0 Å². The van der Waals surface area contributed by atoms with Crippen LogP contribution in [0.15, 0.2) is 41.9 Å². The molecule has 18 heavy (non-hydrogen) atoms. The monoisotopic (exact) mass is 262 g/mol. The van der Waals surface area contributed by atoms with Crippen molar-refractivity contribution in [2.45, 2.75) is 25.5 Å². The van der Waals surface area contributed by atoms with Crippen molar-refractivity contribution in [2.75, 3.05) is 6.54 Å². The van der Waals surface area contributed by atoms with Gasteiger partial charge in [-0.2, -0.15) is 0 Å². The number of nitrogens with zero attached hydrogens (tertiary/aromatic N) is 1. The molecule has 0 fully saturated rings. The van der Waals surface area contributed by atoms with Gasteiger partial charge >= 0.3 is 0 Å². The number of aromatic nitrogens is 1. The largest absolute Gasteiger partial charge is 0.387 e. The van der Waals surface area contributed by atoms with Crippen LogP contribution in [0.2, 0.25) is 0 Å². The molecule has 1 heterocycles. The van der Waals surface area contributed by atoms with E-state index in [0.717, 1.165) is 10.6 Å². The molecule has 0 aliphatic carbocycles. The van der Waals surface area contributed by atoms with Crippen molar-refractivity contribution in [3.63, 3.8) is 0 Å². The fourth-order valence-corrected chi connectivity index (χ4v) is 2.49. The lowest BCUT2D eigenvalue weighted by atomic mass is 10.0. The number of nitrogens with one attached hydrogen (secondary N) is 1. The molecule has 0 aliphatic rings. The molecule has 2 rings (SSSR count). The van der Waals surface area contributed by atoms with Gasteiger partial charge in [-0.15, -0.1) is 11.3 Å². The summed E-state index contributed by atoms with van der Waals surface area (Å²) in [5, 5.41) is 16.5. The number of thiazole rings is 1. The van der Waals surface area contributed by atoms with Crippen molar-refractivity contribution in [3.05, 3.63) is 52.5 Å². The Morgan fingerprint density at radius 2 is 2.06 bits per heavy atom. The normalized spacial score (nSPS) is 13.5. The van der Waals surface area contributed by atoms with Gasteiger partial charge in [0.1, 0.15) is 5.01 Å². The highest BCUT2D eigenvalue weighted by atomic mass is 32.1. The van der Waals surface area contributed by atoms with Gasteiger partial charge in [0.15, 0.2) is 0 Å². The van der Waals surface area contributed by atoms with Crippen molar-refractivity contribution in [1.29, 1.82) is 0 Å². The van der Waals surface area contributed by atoms with Crippen LogP contribution in [-0.4, -0.2) is 16.6 Å². The molecule has 1 aromatic heterocycles. The lowest BCUT2D eigenvalue weighted by Gasteiger charge is -2.25. The third kappa shape index (κ3) is 3.16. The average Bonchev–Trinajstić information content (AvgIpc) is 2.92. The number of aliphatic hydroxyl groups excluding tert-OH is 1. The van der Waals surface area contributed by atoms with Crippen molar-refractivity contribution < 1.29 is 5.11 Å². The van der Waals surface area contributed by atoms with Crippen LogP contribution in [0.3, 0.4) is 0 Å². The molecule has 0 saturated carbocycles. The fraction of sp³-hybridized carbons (Fsp3) is 0.357. The topological polar surface area (TPSA) is 45.1 Å². The molecule has 0 radical (unpaired) electrons. The molecule has 2 N–H and O–H groups in total. The maximum absolute atomic E-state index is 10.1. The highest BCUT2D eigenvalue weighted by Gasteiger charge is 2.23. The SMILES string of the molecule is CC(C)(NCC(O)c1ccccc1)c1nccs1. The van der Waals surface area contributed by atoms with Crippen LogP contribution in [0.1, 0.15) is 30.5 Å². The van der Waals surface area contributed by atoms with E-state index in [4.69, 9.17) is 0 Å². The first kappa shape index (κ1) is 13.2. The number of hydrogen-bond acceptors (Lipinski definition) is 4. The van der Waals surface area contributed by atoms with E-state index in [2.05, 4.69) is 24.1 Å². The maximum Gasteiger partial charge on any atom is 0.112 e. The Labute approximate surface area is 112 Å². The van der Waals surface area contributed by atoms with E-state index in [9.17, 15) is 5.11 Å². The first-order chi connectivity index (χ1) is 8.59. The van der Waals surface area contributed by atoms with Crippen LogP contribution in [0.4, 0.5) is 0 Å². The Hall–Kier alpha value is -1.23. The molecule has 4 heteroatoms. The van der Waals surface area contributed by atoms with Gasteiger partial charge in [0.05, 0.1) is 11.6 Å². The minimum absolute atomic E-state index is 0.218. The molecule has 1 aromatic carbocycles. The smallest absolute Gasteiger partial charge is 0.112 e. The van der Waals surface area contributed by atoms with Gasteiger partial charge in [0.25, 0.3) is 0 Å². The lowest BCUT2D eigenvalue weighted by Crippen LogP contribution is -2.39. The van der Waals surface area contributed by atoms with Crippen LogP contribution < -0.4 is 5.32 Å². The molecule has 1 atom stereocenters. The van der Waals surface area contributed by atoms with E-state index in [1.54, 1.807) is 17.5 Å². The number of aliphatic hydroxyl groups is 1. The summed E-state index contributed by atoms with van der Waals surface area (Å²) in [6.07, 6.45) is 1.31. The summed E-state index contributed by atoms with van der Waals surface area (Å²) in [6, 6.07) is 9.68. The molecule has 0 spiro atoms. The van der Waals surface area contributed by atoms with Gasteiger partial charge in [0.2, 0.25) is 0 Å². The molecule has 0 aliphatic heterocycles. The van der Waals surface area contributed by atoms with Gasteiger partial charge in [-0.3, -0.25) is 0 Å². The molecule has 0 amide bonds. The summed E-state index contributed by atoms with van der Waals surface area (Å²) in [6.45, 7) is 4.66. The Kier molecular flexibility index (Phi) is 4.11. The lowest BCUT2D eigenvalue weighted by molar-refractivity contribution is 0.161. The number of benzene rings is 1. The van der Waals surface area contributed by atoms with Crippen molar-refractivity contribution in [1.82, 2.24) is 10.3 Å². The number of rotatable bonds is 5. The fourth-order valence-electron chi connectivity index (χ4n) is 1.75. The Morgan fingerprint density at radius 1 is 1.33 bits per heavy atom. The summed E-state index contributed by atoms with van der Waals surface area (Å²) in [7, 11) is 0. The highest BCUT2D eigenvalue weighted by molar-refractivity contribution is 7.09. The molecular formula is C14H18N2OS. The van der Waals surface area contributed by atoms with Gasteiger partial charge in [-0.25, -0.2) is 4.98 Å². The first-order valence-corrected chi connectivity index (χ1v) is 6.85. The Morgan fingerprint density at radius 3 is 2.67 bits per heavy atom. The van der Waals surface area contributed by atoms with Gasteiger partial charge in [-0.05, 0) is 19.4 Å². The van der Waals surface area contributed by atoms with Gasteiger partial charge in [0, 0.05) is 18.1 Å². The zero-order valence-corrected chi connectivity index (χ0v) is 11.4. The third-order valence-electron chi connectivity index (χ3n) is 2.89. The maximum atomic E-state index is 10.1. The predicted octanol–water partition coefficient (Wildman–Crippen LogP) is 2.70. The standard InChI is InChI=1S/C14H18N2OS/c1-14(2,13-15-8-9-18-13)16-10-12(17)11-6-4-3-5-7-11/h3-9,12,16-17H,10H2,1-2H3. The minimum atomic E-state index is -0.495. The second-order valence-corrected chi connectivity index (χ2v) is 5.66. The first-order valence-electron chi connectivity index (χ1n) is 5.97. The van der Waals surface area contributed by atoms with Crippen LogP contribution in [-0.2, 0) is 5.54 Å². The van der Waals surface area contributed by atoms with E-state index in [-0.39, 0.29) is 5.54 Å². The van der Waals surface area contributed by atoms with E-state index in [0.29, 0.717) is 6.54 Å². The molecular weight excluding hydrogens is 244 g/mol. The summed E-state index contributed by atoms with van der Waals surface area (Å²) >= 11 is 1.62. The molecule has 0 bridgehead atoms. The molecule has 0 saturated heterocycles. The minimum Gasteiger partial charge on any atom is -0.387 e. The quantitative estimate of drug-likeness (QED) is 0.871. The zero-order chi connectivity index (χ0) is 13.0.